The number of hydrogen-bond acceptors (Lipinski definition) is 27. The molecule has 106 heavy (non-hydrogen) atoms. The molecule has 0 spiro atoms. The predicted octanol–water partition coefficient (Wildman–Crippen LogP) is 3.31. The number of carbonyl (C=O) groups excluding carboxylic acids is 6. The smallest absolute Gasteiger partial charge is 0.416 e. The van der Waals surface area contributed by atoms with Gasteiger partial charge in [0.1, 0.15) is 80.2 Å². The number of nitrogens with one attached hydrogen (secondary N) is 1. The largest absolute Gasteiger partial charge is 0.493 e. The maximum atomic E-state index is 14.8. The fraction of sp³-hybridized carbons (Fsp3) is 0.493. The summed E-state index contributed by atoms with van der Waals surface area (Å²) in [6, 6.07) is 13.8. The van der Waals surface area contributed by atoms with Gasteiger partial charge in [-0.05, 0) is 101 Å². The third-order valence-electron chi connectivity index (χ3n) is 18.9. The molecule has 5 amide bonds. The second-order valence-corrected chi connectivity index (χ2v) is 27.5. The molecule has 33 heteroatoms. The van der Waals surface area contributed by atoms with Crippen molar-refractivity contribution in [1.29, 1.82) is 0 Å². The Balaban J connectivity index is 0.845. The number of aromatic nitrogens is 2. The van der Waals surface area contributed by atoms with Gasteiger partial charge in [-0.3, -0.25) is 23.9 Å². The fourth-order valence-corrected chi connectivity index (χ4v) is 13.4. The number of rotatable bonds is 25. The number of aliphatic hydroxyl groups is 8. The highest BCUT2D eigenvalue weighted by molar-refractivity contribution is 6.07. The van der Waals surface area contributed by atoms with Crippen molar-refractivity contribution in [2.24, 2.45) is 0 Å². The molecule has 1 aromatic heterocycles. The zero-order valence-electron chi connectivity index (χ0n) is 59.8. The van der Waals surface area contributed by atoms with Crippen LogP contribution < -0.4 is 43.5 Å². The number of carbonyl (C=O) groups is 6. The number of Topliss-reactive ketones (excluding diaryl/α,β-unsaturated/α-hetero) is 1. The van der Waals surface area contributed by atoms with E-state index in [0.29, 0.717) is 29.0 Å². The van der Waals surface area contributed by atoms with Crippen molar-refractivity contribution in [3.05, 3.63) is 136 Å². The summed E-state index contributed by atoms with van der Waals surface area (Å²) in [6.45, 7) is 14.1. The molecule has 4 fully saturated rings. The van der Waals surface area contributed by atoms with Crippen LogP contribution >= 0.6 is 0 Å². The van der Waals surface area contributed by atoms with Gasteiger partial charge >= 0.3 is 12.2 Å². The van der Waals surface area contributed by atoms with Crippen molar-refractivity contribution >= 4 is 47.1 Å². The molecule has 4 aromatic carbocycles. The Morgan fingerprint density at radius 1 is 0.604 bits per heavy atom. The van der Waals surface area contributed by atoms with Crippen LogP contribution in [0.4, 0.5) is 21.0 Å². The molecule has 5 aromatic rings. The number of nitrogens with zero attached hydrogens (tertiary/aromatic N) is 6. The summed E-state index contributed by atoms with van der Waals surface area (Å²) in [6.07, 6.45) is -18.4. The molecule has 572 valence electrons. The number of benzene rings is 4. The molecule has 33 nitrogen and oxygen atoms in total. The third-order valence-corrected chi connectivity index (χ3v) is 18.9. The maximum Gasteiger partial charge on any atom is 0.416 e. The number of anilines is 2. The average Bonchev–Trinajstić information content (AvgIpc) is 1.62. The molecule has 0 aliphatic carbocycles. The highest BCUT2D eigenvalue weighted by Gasteiger charge is 2.50. The monoisotopic (exact) mass is 1480 g/mol. The summed E-state index contributed by atoms with van der Waals surface area (Å²) in [5.74, 6) is -2.16. The second-order valence-electron chi connectivity index (χ2n) is 27.5. The van der Waals surface area contributed by atoms with Crippen LogP contribution in [0.3, 0.4) is 0 Å². The van der Waals surface area contributed by atoms with Gasteiger partial charge in [0.05, 0.1) is 90.5 Å². The molecule has 6 aliphatic heterocycles. The number of amides is 5. The summed E-state index contributed by atoms with van der Waals surface area (Å²) in [4.78, 5) is 90.7. The van der Waals surface area contributed by atoms with Crippen molar-refractivity contribution in [3.8, 4) is 34.5 Å². The molecular weight excluding hydrogens is 1390 g/mol. The Hall–Kier alpha value is -9.49. The molecule has 0 radical (unpaired) electrons. The minimum atomic E-state index is -1.71. The number of ketones is 1. The van der Waals surface area contributed by atoms with Gasteiger partial charge < -0.3 is 113 Å². The second kappa shape index (κ2) is 32.7. The van der Waals surface area contributed by atoms with Crippen LogP contribution in [-0.4, -0.2) is 244 Å². The summed E-state index contributed by atoms with van der Waals surface area (Å²) < 4.78 is 71.3. The van der Waals surface area contributed by atoms with E-state index < -0.39 is 134 Å². The van der Waals surface area contributed by atoms with Gasteiger partial charge in [0, 0.05) is 59.0 Å². The standard InChI is InChI=1S/C73H89N7O26/c1-36-20-49-67(91)78(72(94)103-32-40-14-16-54(46(23-40)64(88)74-17-19-96-8)105-69-62(86)60(84)52(82)35-101-69)47-27-57(55(97-9)25-43(47)65(89)76(49)29-36)99-33-41-24-42(80(75-41)73(4,5)6)34-100-58-28-48-44(26-56(58)98-10)66(90)77-30-37(2)21-50(77)68(92)79(48)71(93)102-31-39-13-15-53(45(22-39)51(81)12-11-18-95-7)106-70-63(87)61(85)59(83)38(3)104-70/h13-16,22-28,38,49-50,52,59-63,67-70,82-87,91-92H,1-2,11-12,17-21,29-35H2,3-10H3,(H,74,88)/t38-,49+,50+,52-,59-,60+,61+,62-,63-,67?,68?,69+,70?/m1/s1. The van der Waals surface area contributed by atoms with E-state index in [1.165, 1.54) is 106 Å². The van der Waals surface area contributed by atoms with E-state index in [4.69, 9.17) is 61.9 Å². The van der Waals surface area contributed by atoms with E-state index in [-0.39, 0.29) is 151 Å². The van der Waals surface area contributed by atoms with E-state index in [9.17, 15) is 69.6 Å². The summed E-state index contributed by atoms with van der Waals surface area (Å²) in [7, 11) is 5.65. The lowest BCUT2D eigenvalue weighted by Gasteiger charge is -2.39. The first-order valence-electron chi connectivity index (χ1n) is 34.3. The van der Waals surface area contributed by atoms with Gasteiger partial charge in [-0.1, -0.05) is 36.4 Å². The predicted molar refractivity (Wildman–Crippen MR) is 370 cm³/mol. The molecule has 9 N–H and O–H groups in total. The Labute approximate surface area is 609 Å². The summed E-state index contributed by atoms with van der Waals surface area (Å²) in [5, 5.41) is 94.7. The topological polar surface area (TPSA) is 418 Å². The number of ether oxygens (including phenoxy) is 12. The van der Waals surface area contributed by atoms with Crippen molar-refractivity contribution < 1.29 is 126 Å². The molecule has 0 saturated carbocycles. The number of hydrogen-bond donors (Lipinski definition) is 9. The van der Waals surface area contributed by atoms with Crippen molar-refractivity contribution in [1.82, 2.24) is 24.9 Å². The van der Waals surface area contributed by atoms with Gasteiger partial charge in [0.25, 0.3) is 17.7 Å². The van der Waals surface area contributed by atoms with Gasteiger partial charge in [0.2, 0.25) is 12.6 Å². The fourth-order valence-electron chi connectivity index (χ4n) is 13.4. The summed E-state index contributed by atoms with van der Waals surface area (Å²) in [5.41, 5.74) is 1.47. The van der Waals surface area contributed by atoms with Crippen LogP contribution in [0.15, 0.2) is 91.0 Å². The lowest BCUT2D eigenvalue weighted by atomic mass is 9.99. The Morgan fingerprint density at radius 2 is 1.12 bits per heavy atom. The molecular formula is C73H89N7O26. The molecule has 13 atom stereocenters. The quantitative estimate of drug-likeness (QED) is 0.0230. The van der Waals surface area contributed by atoms with Crippen LogP contribution in [0.2, 0.25) is 0 Å². The lowest BCUT2D eigenvalue weighted by molar-refractivity contribution is -0.268. The van der Waals surface area contributed by atoms with Crippen LogP contribution in [0.1, 0.15) is 117 Å². The van der Waals surface area contributed by atoms with Crippen molar-refractivity contribution in [2.45, 2.75) is 165 Å². The van der Waals surface area contributed by atoms with Crippen LogP contribution in [0, 0.1) is 0 Å². The normalized spacial score (nSPS) is 25.0. The Kier molecular flexibility index (Phi) is 23.9. The molecule has 6 aliphatic rings. The molecule has 0 bridgehead atoms. The zero-order valence-corrected chi connectivity index (χ0v) is 59.8. The highest BCUT2D eigenvalue weighted by Crippen LogP contribution is 2.45. The maximum absolute atomic E-state index is 14.8. The van der Waals surface area contributed by atoms with E-state index in [0.717, 1.165) is 9.80 Å². The Bertz CT molecular complexity index is 4140. The number of fused-ring (bicyclic) bond motifs is 4. The Morgan fingerprint density at radius 3 is 1.66 bits per heavy atom. The van der Waals surface area contributed by atoms with Gasteiger partial charge in [-0.2, -0.15) is 5.10 Å². The average molecular weight is 1480 g/mol. The van der Waals surface area contributed by atoms with E-state index in [1.807, 2.05) is 20.8 Å². The first-order valence-corrected chi connectivity index (χ1v) is 34.3. The first kappa shape index (κ1) is 77.6. The molecule has 4 saturated heterocycles. The number of methoxy groups -OCH3 is 4. The molecule has 3 unspecified atom stereocenters. The SMILES string of the molecule is C=C1C[C@H]2C(O)N(C(=O)OCc3ccc(O[C@@H]4OC[C@@H](O)[C@H](O)[C@H]4O)c(C(=O)NCCOC)c3)c3cc(OCc4cc(COc5cc6c(cc5OC)C(=O)N5CC(=C)C[C@H]5C(O)N6C(=O)OCc5ccc(OC6O[C@H](C)[C@@H](O)[C@H](O)[C@H]6O)c(C(=O)CCCOC)c5)n(C(C)(C)C)n4)c(OC)cc3C(=O)N2C1. The van der Waals surface area contributed by atoms with Crippen LogP contribution in [0.5, 0.6) is 34.5 Å². The molecule has 7 heterocycles. The van der Waals surface area contributed by atoms with Gasteiger partial charge in [-0.25, -0.2) is 19.4 Å². The van der Waals surface area contributed by atoms with E-state index in [2.05, 4.69) is 18.5 Å². The number of aliphatic hydroxyl groups excluding tert-OH is 8. The van der Waals surface area contributed by atoms with Crippen LogP contribution in [0.25, 0.3) is 0 Å². The van der Waals surface area contributed by atoms with Gasteiger partial charge in [0.15, 0.2) is 41.2 Å². The minimum absolute atomic E-state index is 0.00184. The van der Waals surface area contributed by atoms with Crippen molar-refractivity contribution in [2.75, 3.05) is 77.7 Å². The third kappa shape index (κ3) is 16.3. The van der Waals surface area contributed by atoms with E-state index in [1.54, 1.807) is 10.7 Å². The minimum Gasteiger partial charge on any atom is -0.493 e. The van der Waals surface area contributed by atoms with Crippen LogP contribution in [-0.2, 0) is 60.4 Å². The van der Waals surface area contributed by atoms with Crippen molar-refractivity contribution in [3.63, 3.8) is 0 Å². The van der Waals surface area contributed by atoms with Gasteiger partial charge in [-0.15, -0.1) is 0 Å². The highest BCUT2D eigenvalue weighted by atomic mass is 16.7. The summed E-state index contributed by atoms with van der Waals surface area (Å²) >= 11 is 0. The molecule has 11 rings (SSSR count). The first-order chi connectivity index (χ1) is 50.5. The lowest BCUT2D eigenvalue weighted by Crippen LogP contribution is -2.58. The zero-order chi connectivity index (χ0) is 76.3. The van der Waals surface area contributed by atoms with E-state index >= 15 is 0 Å².